The maximum Gasteiger partial charge on any atom is 0.335 e. The maximum absolute atomic E-state index is 11.5. The number of nitrogens with zero attached hydrogens (tertiary/aromatic N) is 1. The van der Waals surface area contributed by atoms with E-state index in [0.29, 0.717) is 0 Å². The molecule has 0 saturated heterocycles. The first-order chi connectivity index (χ1) is 13.6. The van der Waals surface area contributed by atoms with Crippen molar-refractivity contribution in [3.63, 3.8) is 0 Å². The van der Waals surface area contributed by atoms with Gasteiger partial charge in [0.1, 0.15) is 11.4 Å². The molecule has 0 radical (unpaired) electrons. The quantitative estimate of drug-likeness (QED) is 0.689. The Kier molecular flexibility index (Phi) is 4.77. The highest BCUT2D eigenvalue weighted by Crippen LogP contribution is 2.47. The normalized spacial score (nSPS) is 18.4. The Morgan fingerprint density at radius 3 is 2.66 bits per heavy atom. The second-order valence-electron chi connectivity index (χ2n) is 9.02. The molecule has 2 aliphatic heterocycles. The lowest BCUT2D eigenvalue weighted by Gasteiger charge is -2.31. The third-order valence-electron chi connectivity index (χ3n) is 5.36. The molecule has 0 amide bonds. The molecule has 2 aromatic rings. The monoisotopic (exact) mass is 409 g/mol. The van der Waals surface area contributed by atoms with Gasteiger partial charge >= 0.3 is 5.97 Å². The van der Waals surface area contributed by atoms with E-state index in [1.54, 1.807) is 18.2 Å². The molecule has 0 bridgehead atoms. The van der Waals surface area contributed by atoms with Gasteiger partial charge in [0.05, 0.1) is 16.8 Å². The second-order valence-corrected chi connectivity index (χ2v) is 10.3. The van der Waals surface area contributed by atoms with E-state index < -0.39 is 5.97 Å². The van der Waals surface area contributed by atoms with Gasteiger partial charge in [-0.25, -0.2) is 4.79 Å². The summed E-state index contributed by atoms with van der Waals surface area (Å²) in [7, 11) is 0. The van der Waals surface area contributed by atoms with Crippen LogP contribution in [-0.2, 0) is 12.8 Å². The number of carboxylic acids is 1. The summed E-state index contributed by atoms with van der Waals surface area (Å²) in [6, 6.07) is 9.37. The summed E-state index contributed by atoms with van der Waals surface area (Å²) in [5.74, 6) is 1.04. The van der Waals surface area contributed by atoms with Gasteiger partial charge in [-0.3, -0.25) is 4.99 Å². The molecule has 0 saturated carbocycles. The van der Waals surface area contributed by atoms with Gasteiger partial charge in [-0.05, 0) is 63.6 Å². The first-order valence-electron chi connectivity index (χ1n) is 10.0. The van der Waals surface area contributed by atoms with Crippen molar-refractivity contribution >= 4 is 23.4 Å². The summed E-state index contributed by atoms with van der Waals surface area (Å²) in [6.07, 6.45) is 1.68. The zero-order valence-electron chi connectivity index (χ0n) is 17.6. The van der Waals surface area contributed by atoms with Crippen LogP contribution >= 0.6 is 11.8 Å². The lowest BCUT2D eigenvalue weighted by atomic mass is 9.81. The van der Waals surface area contributed by atoms with E-state index in [-0.39, 0.29) is 16.7 Å². The van der Waals surface area contributed by atoms with Crippen LogP contribution in [-0.4, -0.2) is 33.7 Å². The molecule has 152 valence electrons. The molecule has 4 nitrogen and oxygen atoms in total. The van der Waals surface area contributed by atoms with Gasteiger partial charge in [-0.1, -0.05) is 19.1 Å². The molecule has 0 atom stereocenters. The van der Waals surface area contributed by atoms with Gasteiger partial charge < -0.3 is 9.84 Å². The van der Waals surface area contributed by atoms with Crippen LogP contribution in [0.25, 0.3) is 0 Å². The third kappa shape index (κ3) is 3.68. The van der Waals surface area contributed by atoms with Crippen molar-refractivity contribution in [2.24, 2.45) is 4.99 Å². The van der Waals surface area contributed by atoms with Crippen LogP contribution < -0.4 is 4.74 Å². The first kappa shape index (κ1) is 20.0. The average molecular weight is 410 g/mol. The van der Waals surface area contributed by atoms with E-state index in [0.717, 1.165) is 41.2 Å². The number of hydrogen-bond donors (Lipinski definition) is 1. The number of carbonyl (C=O) groups is 1. The molecule has 2 heterocycles. The van der Waals surface area contributed by atoms with E-state index in [9.17, 15) is 9.90 Å². The number of fused-ring (bicyclic) bond motifs is 3. The van der Waals surface area contributed by atoms with Gasteiger partial charge in [0, 0.05) is 28.0 Å². The Morgan fingerprint density at radius 2 is 1.97 bits per heavy atom. The highest BCUT2D eigenvalue weighted by molar-refractivity contribution is 7.99. The third-order valence-corrected chi connectivity index (χ3v) is 6.27. The van der Waals surface area contributed by atoms with Crippen molar-refractivity contribution < 1.29 is 14.6 Å². The Bertz CT molecular complexity index is 1040. The van der Waals surface area contributed by atoms with Crippen molar-refractivity contribution in [3.8, 4) is 5.75 Å². The van der Waals surface area contributed by atoms with Crippen LogP contribution in [0.1, 0.15) is 67.2 Å². The molecular weight excluding hydrogens is 382 g/mol. The minimum atomic E-state index is -0.924. The van der Waals surface area contributed by atoms with Gasteiger partial charge in [-0.15, -0.1) is 11.8 Å². The van der Waals surface area contributed by atoms with Crippen LogP contribution in [0, 0.1) is 0 Å². The SMILES string of the molecule is CCSc1cc2c(c3c1OC(C)(C)C3)C(c1cccc(C(=O)O)c1)=NC(C)(C)C2. The van der Waals surface area contributed by atoms with Crippen LogP contribution in [0.4, 0.5) is 0 Å². The topological polar surface area (TPSA) is 58.9 Å². The minimum absolute atomic E-state index is 0.251. The Labute approximate surface area is 176 Å². The molecule has 0 aromatic heterocycles. The summed E-state index contributed by atoms with van der Waals surface area (Å²) >= 11 is 1.82. The number of hydrogen-bond acceptors (Lipinski definition) is 4. The minimum Gasteiger partial charge on any atom is -0.486 e. The maximum atomic E-state index is 11.5. The lowest BCUT2D eigenvalue weighted by molar-refractivity contribution is 0.0697. The van der Waals surface area contributed by atoms with Crippen LogP contribution in [0.5, 0.6) is 5.75 Å². The number of benzene rings is 2. The summed E-state index contributed by atoms with van der Waals surface area (Å²) in [5, 5.41) is 9.46. The number of rotatable bonds is 4. The smallest absolute Gasteiger partial charge is 0.335 e. The second kappa shape index (κ2) is 6.91. The van der Waals surface area contributed by atoms with Crippen molar-refractivity contribution in [1.82, 2.24) is 0 Å². The number of aromatic carboxylic acids is 1. The lowest BCUT2D eigenvalue weighted by Crippen LogP contribution is -2.30. The van der Waals surface area contributed by atoms with Crippen molar-refractivity contribution in [3.05, 3.63) is 58.1 Å². The molecule has 0 fully saturated rings. The number of thioether (sulfide) groups is 1. The van der Waals surface area contributed by atoms with E-state index in [1.165, 1.54) is 16.0 Å². The summed E-state index contributed by atoms with van der Waals surface area (Å²) in [4.78, 5) is 17.8. The van der Waals surface area contributed by atoms with Crippen LogP contribution in [0.15, 0.2) is 40.2 Å². The number of carboxylic acid groups (broad SMARTS) is 1. The van der Waals surface area contributed by atoms with Gasteiger partial charge in [0.2, 0.25) is 0 Å². The average Bonchev–Trinajstić information content (AvgIpc) is 2.96. The van der Waals surface area contributed by atoms with Gasteiger partial charge in [-0.2, -0.15) is 0 Å². The van der Waals surface area contributed by atoms with Crippen molar-refractivity contribution in [1.29, 1.82) is 0 Å². The largest absolute Gasteiger partial charge is 0.486 e. The Morgan fingerprint density at radius 1 is 1.21 bits per heavy atom. The molecule has 2 aliphatic rings. The summed E-state index contributed by atoms with van der Waals surface area (Å²) in [6.45, 7) is 10.7. The van der Waals surface area contributed by atoms with E-state index in [1.807, 2.05) is 17.8 Å². The number of ether oxygens (including phenoxy) is 1. The molecule has 1 N–H and O–H groups in total. The van der Waals surface area contributed by atoms with Crippen molar-refractivity contribution in [2.45, 2.75) is 63.5 Å². The zero-order valence-corrected chi connectivity index (χ0v) is 18.4. The van der Waals surface area contributed by atoms with Crippen molar-refractivity contribution in [2.75, 3.05) is 5.75 Å². The molecular formula is C24H27NO3S. The molecule has 29 heavy (non-hydrogen) atoms. The highest BCUT2D eigenvalue weighted by atomic mass is 32.2. The van der Waals surface area contributed by atoms with Crippen LogP contribution in [0.3, 0.4) is 0 Å². The summed E-state index contributed by atoms with van der Waals surface area (Å²) in [5.41, 5.74) is 5.11. The highest BCUT2D eigenvalue weighted by Gasteiger charge is 2.39. The fourth-order valence-corrected chi connectivity index (χ4v) is 5.17. The fourth-order valence-electron chi connectivity index (χ4n) is 4.34. The zero-order chi connectivity index (χ0) is 21.0. The van der Waals surface area contributed by atoms with Gasteiger partial charge in [0.25, 0.3) is 0 Å². The predicted molar refractivity (Wildman–Crippen MR) is 118 cm³/mol. The van der Waals surface area contributed by atoms with Crippen LogP contribution in [0.2, 0.25) is 0 Å². The molecule has 2 aromatic carbocycles. The van der Waals surface area contributed by atoms with Gasteiger partial charge in [0.15, 0.2) is 0 Å². The Balaban J connectivity index is 1.97. The van der Waals surface area contributed by atoms with E-state index in [2.05, 4.69) is 40.7 Å². The van der Waals surface area contributed by atoms with E-state index in [4.69, 9.17) is 9.73 Å². The first-order valence-corrected chi connectivity index (χ1v) is 11.0. The Hall–Kier alpha value is -2.27. The number of aliphatic imine (C=N–C) groups is 1. The molecule has 0 unspecified atom stereocenters. The summed E-state index contributed by atoms with van der Waals surface area (Å²) < 4.78 is 6.37. The molecule has 4 rings (SSSR count). The fraction of sp³-hybridized carbons (Fsp3) is 0.417. The predicted octanol–water partition coefficient (Wildman–Crippen LogP) is 5.38. The standard InChI is InChI=1S/C24H27NO3S/c1-6-29-18-11-16-12-23(2,3)25-20(14-8-7-9-15(10-14)22(26)27)19(16)17-13-24(4,5)28-21(17)18/h7-11H,6,12-13H2,1-5H3,(H,26,27). The van der Waals surface area contributed by atoms with E-state index >= 15 is 0 Å². The molecule has 0 aliphatic carbocycles. The molecule has 5 heteroatoms. The molecule has 0 spiro atoms.